The van der Waals surface area contributed by atoms with Crippen molar-refractivity contribution in [3.05, 3.63) is 59.0 Å². The zero-order chi connectivity index (χ0) is 16.8. The molecule has 5 heteroatoms. The molecule has 5 nitrogen and oxygen atoms in total. The molecule has 2 bridgehead atoms. The lowest BCUT2D eigenvalue weighted by Crippen LogP contribution is -2.28. The fourth-order valence-electron chi connectivity index (χ4n) is 4.60. The van der Waals surface area contributed by atoms with Crippen LogP contribution in [0, 0.1) is 11.8 Å². The number of nitrogens with one attached hydrogen (secondary N) is 1. The molecule has 1 aromatic carbocycles. The summed E-state index contributed by atoms with van der Waals surface area (Å²) in [7, 11) is 0. The van der Waals surface area contributed by atoms with Crippen molar-refractivity contribution in [3.63, 3.8) is 0 Å². The number of hydrogen-bond acceptors (Lipinski definition) is 4. The van der Waals surface area contributed by atoms with Crippen LogP contribution in [-0.2, 0) is 0 Å². The van der Waals surface area contributed by atoms with Gasteiger partial charge in [-0.2, -0.15) is 4.98 Å². The Bertz CT molecular complexity index is 982. The number of hydrogen-bond donors (Lipinski definition) is 1. The number of rotatable bonds is 3. The molecule has 2 heterocycles. The highest BCUT2D eigenvalue weighted by Crippen LogP contribution is 2.50. The van der Waals surface area contributed by atoms with E-state index in [4.69, 9.17) is 4.98 Å². The monoisotopic (exact) mass is 332 g/mol. The van der Waals surface area contributed by atoms with Crippen LogP contribution in [0.15, 0.2) is 53.5 Å². The predicted octanol–water partition coefficient (Wildman–Crippen LogP) is 3.90. The first-order chi connectivity index (χ1) is 12.3. The van der Waals surface area contributed by atoms with E-state index in [1.54, 1.807) is 12.3 Å². The minimum Gasteiger partial charge on any atom is -0.324 e. The van der Waals surface area contributed by atoms with Crippen molar-refractivity contribution in [2.75, 3.05) is 5.32 Å². The fraction of sp³-hybridized carbons (Fsp3) is 0.350. The maximum Gasteiger partial charge on any atom is 0.252 e. The van der Waals surface area contributed by atoms with Crippen molar-refractivity contribution in [1.29, 1.82) is 0 Å². The Kier molecular flexibility index (Phi) is 3.33. The summed E-state index contributed by atoms with van der Waals surface area (Å²) in [6.07, 6.45) is 6.72. The van der Waals surface area contributed by atoms with E-state index in [-0.39, 0.29) is 11.6 Å². The van der Waals surface area contributed by atoms with Crippen LogP contribution in [-0.4, -0.2) is 14.5 Å². The standard InChI is InChI=1S/C20H20N4O/c25-18-9-8-15-12-21-20(22-16-4-2-1-3-5-16)23-19(15)24(18)17-11-13-6-7-14(17)10-13/h1-5,8-9,12-14,17H,6-7,10-11H2,(H,21,22,23)/t13-,14-,17-/m0/s1. The average molecular weight is 332 g/mol. The van der Waals surface area contributed by atoms with Crippen LogP contribution in [0.2, 0.25) is 0 Å². The Morgan fingerprint density at radius 2 is 1.92 bits per heavy atom. The van der Waals surface area contributed by atoms with Gasteiger partial charge in [0.15, 0.2) is 0 Å². The third kappa shape index (κ3) is 2.51. The number of para-hydroxylation sites is 1. The molecular formula is C20H20N4O. The predicted molar refractivity (Wildman–Crippen MR) is 98.0 cm³/mol. The highest BCUT2D eigenvalue weighted by Gasteiger charge is 2.41. The number of pyridine rings is 1. The first kappa shape index (κ1) is 14.6. The van der Waals surface area contributed by atoms with Crippen molar-refractivity contribution in [1.82, 2.24) is 14.5 Å². The summed E-state index contributed by atoms with van der Waals surface area (Å²) in [5, 5.41) is 4.15. The zero-order valence-electron chi connectivity index (χ0n) is 13.9. The molecule has 0 radical (unpaired) electrons. The lowest BCUT2D eigenvalue weighted by molar-refractivity contribution is 0.329. The van der Waals surface area contributed by atoms with Gasteiger partial charge in [0.25, 0.3) is 5.56 Å². The van der Waals surface area contributed by atoms with E-state index >= 15 is 0 Å². The van der Waals surface area contributed by atoms with Gasteiger partial charge >= 0.3 is 0 Å². The molecule has 3 aromatic rings. The van der Waals surface area contributed by atoms with Crippen LogP contribution >= 0.6 is 0 Å². The molecule has 2 fully saturated rings. The van der Waals surface area contributed by atoms with Gasteiger partial charge in [-0.15, -0.1) is 0 Å². The maximum absolute atomic E-state index is 12.6. The largest absolute Gasteiger partial charge is 0.324 e. The van der Waals surface area contributed by atoms with Gasteiger partial charge in [-0.25, -0.2) is 4.98 Å². The van der Waals surface area contributed by atoms with Crippen molar-refractivity contribution < 1.29 is 0 Å². The third-order valence-electron chi connectivity index (χ3n) is 5.73. The van der Waals surface area contributed by atoms with E-state index in [9.17, 15) is 4.79 Å². The summed E-state index contributed by atoms with van der Waals surface area (Å²) < 4.78 is 1.93. The van der Waals surface area contributed by atoms with E-state index < -0.39 is 0 Å². The van der Waals surface area contributed by atoms with Crippen LogP contribution in [0.5, 0.6) is 0 Å². The molecule has 0 amide bonds. The van der Waals surface area contributed by atoms with Crippen LogP contribution < -0.4 is 10.9 Å². The highest BCUT2D eigenvalue weighted by molar-refractivity contribution is 5.75. The summed E-state index contributed by atoms with van der Waals surface area (Å²) in [6.45, 7) is 0. The second-order valence-electron chi connectivity index (χ2n) is 7.25. The van der Waals surface area contributed by atoms with Gasteiger partial charge < -0.3 is 5.32 Å². The molecule has 2 aliphatic carbocycles. The molecule has 2 saturated carbocycles. The summed E-state index contributed by atoms with van der Waals surface area (Å²) in [5.74, 6) is 1.93. The van der Waals surface area contributed by atoms with Crippen LogP contribution in [0.3, 0.4) is 0 Å². The Morgan fingerprint density at radius 1 is 1.04 bits per heavy atom. The highest BCUT2D eigenvalue weighted by atomic mass is 16.1. The topological polar surface area (TPSA) is 59.8 Å². The number of aromatic nitrogens is 3. The molecule has 0 spiro atoms. The molecule has 2 aliphatic rings. The Hall–Kier alpha value is -2.69. The first-order valence-corrected chi connectivity index (χ1v) is 8.98. The molecule has 2 aromatic heterocycles. The van der Waals surface area contributed by atoms with E-state index in [0.717, 1.165) is 29.1 Å². The molecule has 0 unspecified atom stereocenters. The molecule has 126 valence electrons. The lowest BCUT2D eigenvalue weighted by atomic mass is 9.95. The lowest BCUT2D eigenvalue weighted by Gasteiger charge is -2.25. The summed E-state index contributed by atoms with van der Waals surface area (Å²) in [5.41, 5.74) is 1.74. The number of fused-ring (bicyclic) bond motifs is 3. The SMILES string of the molecule is O=c1ccc2cnc(Nc3ccccc3)nc2n1[C@H]1C[C@H]2CC[C@H]1C2. The Balaban J connectivity index is 1.60. The normalized spacial score (nSPS) is 24.7. The van der Waals surface area contributed by atoms with Gasteiger partial charge in [0.05, 0.1) is 0 Å². The molecule has 3 atom stereocenters. The average Bonchev–Trinajstić information content (AvgIpc) is 3.26. The van der Waals surface area contributed by atoms with Crippen molar-refractivity contribution in [2.24, 2.45) is 11.8 Å². The fourth-order valence-corrected chi connectivity index (χ4v) is 4.60. The van der Waals surface area contributed by atoms with Crippen molar-refractivity contribution in [3.8, 4) is 0 Å². The molecule has 1 N–H and O–H groups in total. The second kappa shape index (κ2) is 5.69. The summed E-state index contributed by atoms with van der Waals surface area (Å²) >= 11 is 0. The molecule has 0 saturated heterocycles. The van der Waals surface area contributed by atoms with E-state index in [2.05, 4.69) is 10.3 Å². The van der Waals surface area contributed by atoms with E-state index in [0.29, 0.717) is 11.9 Å². The summed E-state index contributed by atoms with van der Waals surface area (Å²) in [6, 6.07) is 13.6. The van der Waals surface area contributed by atoms with Crippen LogP contribution in [0.4, 0.5) is 11.6 Å². The third-order valence-corrected chi connectivity index (χ3v) is 5.73. The van der Waals surface area contributed by atoms with E-state index in [1.807, 2.05) is 41.0 Å². The minimum absolute atomic E-state index is 0.0504. The molecular weight excluding hydrogens is 312 g/mol. The van der Waals surface area contributed by atoms with Crippen molar-refractivity contribution in [2.45, 2.75) is 31.7 Å². The molecule has 25 heavy (non-hydrogen) atoms. The van der Waals surface area contributed by atoms with Gasteiger partial charge in [-0.3, -0.25) is 9.36 Å². The summed E-state index contributed by atoms with van der Waals surface area (Å²) in [4.78, 5) is 21.8. The second-order valence-corrected chi connectivity index (χ2v) is 7.25. The zero-order valence-corrected chi connectivity index (χ0v) is 13.9. The van der Waals surface area contributed by atoms with Gasteiger partial charge in [0.1, 0.15) is 5.65 Å². The smallest absolute Gasteiger partial charge is 0.252 e. The van der Waals surface area contributed by atoms with Gasteiger partial charge in [0.2, 0.25) is 5.95 Å². The van der Waals surface area contributed by atoms with Gasteiger partial charge in [0, 0.05) is 29.4 Å². The Labute approximate surface area is 145 Å². The Morgan fingerprint density at radius 3 is 2.68 bits per heavy atom. The minimum atomic E-state index is 0.0504. The van der Waals surface area contributed by atoms with E-state index in [1.165, 1.54) is 19.3 Å². The number of anilines is 2. The van der Waals surface area contributed by atoms with Crippen LogP contribution in [0.25, 0.3) is 11.0 Å². The molecule has 0 aliphatic heterocycles. The van der Waals surface area contributed by atoms with Gasteiger partial charge in [-0.05, 0) is 49.3 Å². The maximum atomic E-state index is 12.6. The van der Waals surface area contributed by atoms with Crippen molar-refractivity contribution >= 4 is 22.7 Å². The number of nitrogens with zero attached hydrogens (tertiary/aromatic N) is 3. The number of benzene rings is 1. The quantitative estimate of drug-likeness (QED) is 0.790. The first-order valence-electron chi connectivity index (χ1n) is 8.98. The molecule has 5 rings (SSSR count). The van der Waals surface area contributed by atoms with Crippen LogP contribution in [0.1, 0.15) is 31.7 Å². The van der Waals surface area contributed by atoms with Gasteiger partial charge in [-0.1, -0.05) is 24.6 Å².